The normalized spacial score (nSPS) is 35.7. The molecule has 0 N–H and O–H groups in total. The molecule has 4 rings (SSSR count). The summed E-state index contributed by atoms with van der Waals surface area (Å²) in [6.45, 7) is 42.5. The summed E-state index contributed by atoms with van der Waals surface area (Å²) in [6, 6.07) is 0. The molecule has 4 saturated heterocycles. The van der Waals surface area contributed by atoms with Crippen molar-refractivity contribution in [2.75, 3.05) is 13.2 Å². The average molecular weight is 749 g/mol. The van der Waals surface area contributed by atoms with Crippen LogP contribution in [0.5, 0.6) is 0 Å². The molecule has 4 heterocycles. The minimum absolute atomic E-state index is 0.0111. The van der Waals surface area contributed by atoms with Gasteiger partial charge in [0.2, 0.25) is 0 Å². The zero-order valence-corrected chi connectivity index (χ0v) is 37.4. The van der Waals surface area contributed by atoms with Gasteiger partial charge in [-0.05, 0) is 82.1 Å². The Kier molecular flexibility index (Phi) is 11.9. The molecule has 0 saturated carbocycles. The predicted octanol–water partition coefficient (Wildman–Crippen LogP) is 8.32. The Morgan fingerprint density at radius 1 is 0.571 bits per heavy atom. The molecular formula is C36H72O10Si3. The summed E-state index contributed by atoms with van der Waals surface area (Å²) < 4.78 is 66.5. The van der Waals surface area contributed by atoms with E-state index < -0.39 is 61.3 Å². The topological polar surface area (TPSA) is 92.3 Å². The molecule has 0 aromatic carbocycles. The third-order valence-corrected chi connectivity index (χ3v) is 25.6. The fourth-order valence-corrected chi connectivity index (χ4v) is 9.70. The van der Waals surface area contributed by atoms with Gasteiger partial charge in [-0.3, -0.25) is 0 Å². The first-order valence-electron chi connectivity index (χ1n) is 18.5. The third-order valence-electron chi connectivity index (χ3n) is 12.1. The average Bonchev–Trinajstić information content (AvgIpc) is 3.39. The lowest BCUT2D eigenvalue weighted by molar-refractivity contribution is -0.281. The lowest BCUT2D eigenvalue weighted by Gasteiger charge is -2.50. The Bertz CT molecular complexity index is 1140. The summed E-state index contributed by atoms with van der Waals surface area (Å²) in [5, 5.41) is 0.0769. The largest absolute Gasteiger partial charge is 0.414 e. The van der Waals surface area contributed by atoms with Gasteiger partial charge in [0.05, 0.1) is 25.4 Å². The smallest absolute Gasteiger partial charge is 0.192 e. The third kappa shape index (κ3) is 9.50. The maximum Gasteiger partial charge on any atom is 0.192 e. The van der Waals surface area contributed by atoms with Crippen LogP contribution in [0, 0.1) is 0 Å². The van der Waals surface area contributed by atoms with E-state index in [9.17, 15) is 0 Å². The van der Waals surface area contributed by atoms with Crippen LogP contribution in [0.1, 0.15) is 96.4 Å². The van der Waals surface area contributed by atoms with Gasteiger partial charge in [0.1, 0.15) is 30.5 Å². The van der Waals surface area contributed by atoms with Gasteiger partial charge in [0.15, 0.2) is 49.1 Å². The van der Waals surface area contributed by atoms with Crippen molar-refractivity contribution in [3.05, 3.63) is 0 Å². The summed E-state index contributed by atoms with van der Waals surface area (Å²) >= 11 is 0. The van der Waals surface area contributed by atoms with Crippen LogP contribution in [-0.2, 0) is 46.4 Å². The van der Waals surface area contributed by atoms with Crippen LogP contribution in [-0.4, -0.2) is 105 Å². The molecule has 4 fully saturated rings. The van der Waals surface area contributed by atoms with Crippen molar-refractivity contribution in [1.29, 1.82) is 0 Å². The maximum atomic E-state index is 7.27. The van der Waals surface area contributed by atoms with Gasteiger partial charge >= 0.3 is 0 Å². The molecule has 0 aromatic heterocycles. The molecule has 4 aliphatic rings. The second-order valence-electron chi connectivity index (χ2n) is 20.2. The molecule has 13 heteroatoms. The molecule has 4 unspecified atom stereocenters. The Balaban J connectivity index is 1.63. The fourth-order valence-electron chi connectivity index (χ4n) is 6.01. The molecule has 0 spiro atoms. The van der Waals surface area contributed by atoms with E-state index in [1.807, 2.05) is 27.7 Å². The van der Waals surface area contributed by atoms with Crippen molar-refractivity contribution >= 4 is 25.0 Å². The number of rotatable bonds is 10. The minimum atomic E-state index is -2.23. The molecular weight excluding hydrogens is 677 g/mol. The fraction of sp³-hybridized carbons (Fsp3) is 1.00. The standard InChI is InChI=1S/C36H72O10Si3/c1-32(2,3)47(14,15)38-22-25-27(46-49(18,19)34(7,8)9)23(45-48(16,17)33(4,5)6)20-26(39-25)37-21-24-28-29(42-35(10,11)41-28)30-31(40-24)44-36(12,13)43-30/h23-31H,20-22H2,1-19H3/t23-,24?,25?,26+,27-,28+,29?,30?,31-/m1/s1. The Hall–Kier alpha value is 0.251. The van der Waals surface area contributed by atoms with E-state index in [-0.39, 0.29) is 52.2 Å². The van der Waals surface area contributed by atoms with Crippen LogP contribution in [0.15, 0.2) is 0 Å². The Morgan fingerprint density at radius 2 is 1.06 bits per heavy atom. The van der Waals surface area contributed by atoms with Gasteiger partial charge in [0.25, 0.3) is 0 Å². The highest BCUT2D eigenvalue weighted by molar-refractivity contribution is 6.75. The van der Waals surface area contributed by atoms with E-state index >= 15 is 0 Å². The van der Waals surface area contributed by atoms with Crippen LogP contribution in [0.2, 0.25) is 54.4 Å². The molecule has 4 aliphatic heterocycles. The number of hydrogen-bond acceptors (Lipinski definition) is 10. The SMILES string of the molecule is CC1(C)OC2C3OC(C)(C)O[C@H]3C(CO[C@@H]3C[C@@H](O[Si](C)(C)C(C)(C)C)[C@@H](O[Si](C)(C)C(C)(C)C)C(CO[Si](C)(C)C(C)(C)C)O3)O[C@@H]2O1. The Morgan fingerprint density at radius 3 is 1.61 bits per heavy atom. The monoisotopic (exact) mass is 748 g/mol. The molecule has 0 aliphatic carbocycles. The number of fused-ring (bicyclic) bond motifs is 3. The van der Waals surface area contributed by atoms with Gasteiger partial charge in [-0.1, -0.05) is 62.3 Å². The second kappa shape index (κ2) is 13.8. The highest BCUT2D eigenvalue weighted by atomic mass is 28.4. The predicted molar refractivity (Wildman–Crippen MR) is 199 cm³/mol. The van der Waals surface area contributed by atoms with E-state index in [0.717, 1.165) is 0 Å². The van der Waals surface area contributed by atoms with Crippen molar-refractivity contribution in [1.82, 2.24) is 0 Å². The quantitative estimate of drug-likeness (QED) is 0.203. The van der Waals surface area contributed by atoms with Crippen LogP contribution in [0.25, 0.3) is 0 Å². The molecule has 49 heavy (non-hydrogen) atoms. The van der Waals surface area contributed by atoms with Crippen molar-refractivity contribution in [3.8, 4) is 0 Å². The van der Waals surface area contributed by atoms with E-state index in [4.69, 9.17) is 46.4 Å². The molecule has 0 amide bonds. The van der Waals surface area contributed by atoms with Gasteiger partial charge in [0, 0.05) is 6.42 Å². The number of ether oxygens (including phenoxy) is 7. The van der Waals surface area contributed by atoms with Crippen molar-refractivity contribution in [3.63, 3.8) is 0 Å². The molecule has 9 atom stereocenters. The zero-order chi connectivity index (χ0) is 37.4. The summed E-state index contributed by atoms with van der Waals surface area (Å²) in [5.41, 5.74) is 0. The summed E-state index contributed by atoms with van der Waals surface area (Å²) in [6.07, 6.45) is -3.09. The number of hydrogen-bond donors (Lipinski definition) is 0. The van der Waals surface area contributed by atoms with Crippen molar-refractivity contribution < 1.29 is 46.4 Å². The highest BCUT2D eigenvalue weighted by Crippen LogP contribution is 2.46. The van der Waals surface area contributed by atoms with E-state index in [0.29, 0.717) is 13.0 Å². The Labute approximate surface area is 301 Å². The van der Waals surface area contributed by atoms with Crippen molar-refractivity contribution in [2.45, 2.75) is 218 Å². The lowest BCUT2D eigenvalue weighted by Crippen LogP contribution is -2.61. The van der Waals surface area contributed by atoms with Crippen molar-refractivity contribution in [2.24, 2.45) is 0 Å². The maximum absolute atomic E-state index is 7.27. The second-order valence-corrected chi connectivity index (χ2v) is 34.5. The summed E-state index contributed by atoms with van der Waals surface area (Å²) in [5.74, 6) is -1.57. The summed E-state index contributed by atoms with van der Waals surface area (Å²) in [7, 11) is -6.56. The van der Waals surface area contributed by atoms with E-state index in [2.05, 4.69) is 102 Å². The lowest BCUT2D eigenvalue weighted by atomic mass is 9.99. The zero-order valence-electron chi connectivity index (χ0n) is 34.4. The van der Waals surface area contributed by atoms with Gasteiger partial charge < -0.3 is 46.4 Å². The van der Waals surface area contributed by atoms with Gasteiger partial charge in [-0.15, -0.1) is 0 Å². The molecule has 288 valence electrons. The minimum Gasteiger partial charge on any atom is -0.414 e. The van der Waals surface area contributed by atoms with E-state index in [1.54, 1.807) is 0 Å². The molecule has 0 radical (unpaired) electrons. The van der Waals surface area contributed by atoms with E-state index in [1.165, 1.54) is 0 Å². The summed E-state index contributed by atoms with van der Waals surface area (Å²) in [4.78, 5) is 0. The van der Waals surface area contributed by atoms with Crippen LogP contribution >= 0.6 is 0 Å². The first kappa shape index (κ1) is 42.0. The van der Waals surface area contributed by atoms with Gasteiger partial charge in [-0.2, -0.15) is 0 Å². The van der Waals surface area contributed by atoms with Crippen LogP contribution in [0.4, 0.5) is 0 Å². The first-order valence-corrected chi connectivity index (χ1v) is 27.2. The first-order chi connectivity index (χ1) is 21.8. The highest BCUT2D eigenvalue weighted by Gasteiger charge is 2.61. The van der Waals surface area contributed by atoms with Gasteiger partial charge in [-0.25, -0.2) is 0 Å². The molecule has 0 bridgehead atoms. The molecule has 0 aromatic rings. The van der Waals surface area contributed by atoms with Crippen LogP contribution in [0.3, 0.4) is 0 Å². The van der Waals surface area contributed by atoms with Crippen LogP contribution < -0.4 is 0 Å². The molecule has 10 nitrogen and oxygen atoms in total.